The van der Waals surface area contributed by atoms with Crippen LogP contribution in [0, 0.1) is 6.92 Å². The molecule has 0 fully saturated rings. The summed E-state index contributed by atoms with van der Waals surface area (Å²) in [6.45, 7) is 1.92. The molecule has 1 atom stereocenters. The summed E-state index contributed by atoms with van der Waals surface area (Å²) >= 11 is 0. The van der Waals surface area contributed by atoms with Gasteiger partial charge in [0.15, 0.2) is 0 Å². The van der Waals surface area contributed by atoms with Crippen LogP contribution in [0.25, 0.3) is 11.3 Å². The van der Waals surface area contributed by atoms with E-state index in [0.717, 1.165) is 35.7 Å². The lowest BCUT2D eigenvalue weighted by Crippen LogP contribution is -2.18. The number of aromatic amines is 1. The van der Waals surface area contributed by atoms with Crippen molar-refractivity contribution in [3.63, 3.8) is 0 Å². The summed E-state index contributed by atoms with van der Waals surface area (Å²) in [5, 5.41) is 10.4. The van der Waals surface area contributed by atoms with Gasteiger partial charge in [-0.25, -0.2) is 9.97 Å². The zero-order valence-corrected chi connectivity index (χ0v) is 13.1. The number of aryl methyl sites for hydroxylation is 2. The third-order valence-electron chi connectivity index (χ3n) is 4.32. The molecule has 0 saturated heterocycles. The van der Waals surface area contributed by atoms with Gasteiger partial charge in [-0.15, -0.1) is 0 Å². The number of rotatable bonds is 3. The van der Waals surface area contributed by atoms with Crippen LogP contribution in [0.15, 0.2) is 42.7 Å². The van der Waals surface area contributed by atoms with E-state index in [-0.39, 0.29) is 0 Å². The number of nitrogens with one attached hydrogen (secondary N) is 2. The summed E-state index contributed by atoms with van der Waals surface area (Å²) in [6, 6.07) is 11.0. The summed E-state index contributed by atoms with van der Waals surface area (Å²) in [5.41, 5.74) is 4.69. The average Bonchev–Trinajstić information content (AvgIpc) is 3.09. The largest absolute Gasteiger partial charge is 0.363 e. The second-order valence-corrected chi connectivity index (χ2v) is 5.96. The minimum absolute atomic E-state index is 0.312. The van der Waals surface area contributed by atoms with Crippen LogP contribution in [0.3, 0.4) is 0 Å². The van der Waals surface area contributed by atoms with Gasteiger partial charge in [-0.2, -0.15) is 5.10 Å². The lowest BCUT2D eigenvalue weighted by atomic mass is 9.88. The summed E-state index contributed by atoms with van der Waals surface area (Å²) in [4.78, 5) is 9.06. The molecule has 23 heavy (non-hydrogen) atoms. The zero-order chi connectivity index (χ0) is 15.6. The fourth-order valence-electron chi connectivity index (χ4n) is 3.26. The van der Waals surface area contributed by atoms with Crippen molar-refractivity contribution in [2.45, 2.75) is 32.2 Å². The molecule has 2 heterocycles. The van der Waals surface area contributed by atoms with Gasteiger partial charge in [-0.1, -0.05) is 24.3 Å². The van der Waals surface area contributed by atoms with Crippen molar-refractivity contribution in [1.29, 1.82) is 0 Å². The summed E-state index contributed by atoms with van der Waals surface area (Å²) in [5.74, 6) is 1.63. The molecule has 4 rings (SSSR count). The fraction of sp³-hybridized carbons (Fsp3) is 0.278. The first-order chi connectivity index (χ1) is 11.3. The molecular weight excluding hydrogens is 286 g/mol. The maximum atomic E-state index is 4.56. The lowest BCUT2D eigenvalue weighted by Gasteiger charge is -2.27. The third-order valence-corrected chi connectivity index (χ3v) is 4.32. The maximum Gasteiger partial charge on any atom is 0.130 e. The van der Waals surface area contributed by atoms with Crippen LogP contribution >= 0.6 is 0 Å². The molecule has 0 spiro atoms. The predicted octanol–water partition coefficient (Wildman–Crippen LogP) is 3.66. The van der Waals surface area contributed by atoms with Crippen LogP contribution < -0.4 is 5.32 Å². The van der Waals surface area contributed by atoms with Crippen molar-refractivity contribution in [3.05, 3.63) is 59.7 Å². The Morgan fingerprint density at radius 3 is 3.00 bits per heavy atom. The van der Waals surface area contributed by atoms with E-state index in [0.29, 0.717) is 6.04 Å². The normalized spacial score (nSPS) is 16.8. The first kappa shape index (κ1) is 13.9. The van der Waals surface area contributed by atoms with Crippen molar-refractivity contribution >= 4 is 5.82 Å². The Morgan fingerprint density at radius 1 is 1.22 bits per heavy atom. The average molecular weight is 305 g/mol. The number of anilines is 1. The van der Waals surface area contributed by atoms with Gasteiger partial charge in [-0.3, -0.25) is 5.10 Å². The highest BCUT2D eigenvalue weighted by Gasteiger charge is 2.20. The lowest BCUT2D eigenvalue weighted by molar-refractivity contribution is 0.598. The van der Waals surface area contributed by atoms with E-state index in [1.165, 1.54) is 17.5 Å². The Labute approximate surface area is 135 Å². The van der Waals surface area contributed by atoms with E-state index in [9.17, 15) is 0 Å². The molecule has 1 aliphatic carbocycles. The first-order valence-corrected chi connectivity index (χ1v) is 7.99. The Morgan fingerprint density at radius 2 is 2.13 bits per heavy atom. The van der Waals surface area contributed by atoms with Crippen LogP contribution in [0.4, 0.5) is 5.82 Å². The maximum absolute atomic E-state index is 4.56. The minimum atomic E-state index is 0.312. The molecule has 2 aromatic heterocycles. The number of nitrogens with zero attached hydrogens (tertiary/aromatic N) is 3. The molecule has 0 saturated carbocycles. The van der Waals surface area contributed by atoms with Gasteiger partial charge in [-0.05, 0) is 37.3 Å². The van der Waals surface area contributed by atoms with Crippen molar-refractivity contribution in [1.82, 2.24) is 20.2 Å². The van der Waals surface area contributed by atoms with Gasteiger partial charge in [0.2, 0.25) is 0 Å². The molecule has 0 radical (unpaired) electrons. The monoisotopic (exact) mass is 305 g/mol. The van der Waals surface area contributed by atoms with Crippen molar-refractivity contribution in [2.75, 3.05) is 5.32 Å². The molecule has 0 amide bonds. The summed E-state index contributed by atoms with van der Waals surface area (Å²) in [7, 11) is 0. The molecule has 0 bridgehead atoms. The van der Waals surface area contributed by atoms with Gasteiger partial charge < -0.3 is 5.32 Å². The smallest absolute Gasteiger partial charge is 0.130 e. The van der Waals surface area contributed by atoms with Crippen LogP contribution in [0.2, 0.25) is 0 Å². The number of aromatic nitrogens is 4. The Kier molecular flexibility index (Phi) is 3.54. The van der Waals surface area contributed by atoms with E-state index in [1.807, 2.05) is 19.2 Å². The van der Waals surface area contributed by atoms with Crippen molar-refractivity contribution < 1.29 is 0 Å². The van der Waals surface area contributed by atoms with Crippen LogP contribution in [-0.2, 0) is 6.42 Å². The highest BCUT2D eigenvalue weighted by molar-refractivity contribution is 5.61. The van der Waals surface area contributed by atoms with Crippen molar-refractivity contribution in [2.24, 2.45) is 0 Å². The third kappa shape index (κ3) is 2.82. The highest BCUT2D eigenvalue weighted by atomic mass is 15.1. The Bertz CT molecular complexity index is 810. The van der Waals surface area contributed by atoms with Gasteiger partial charge in [0.1, 0.15) is 11.6 Å². The van der Waals surface area contributed by atoms with Crippen LogP contribution in [0.1, 0.15) is 35.8 Å². The van der Waals surface area contributed by atoms with Crippen molar-refractivity contribution in [3.8, 4) is 11.3 Å². The zero-order valence-electron chi connectivity index (χ0n) is 13.1. The second-order valence-electron chi connectivity index (χ2n) is 5.96. The molecule has 116 valence electrons. The van der Waals surface area contributed by atoms with Crippen LogP contribution in [0.5, 0.6) is 0 Å². The predicted molar refractivity (Wildman–Crippen MR) is 90.1 cm³/mol. The van der Waals surface area contributed by atoms with E-state index in [2.05, 4.69) is 49.7 Å². The second kappa shape index (κ2) is 5.83. The first-order valence-electron chi connectivity index (χ1n) is 7.99. The SMILES string of the molecule is Cc1nc(NC2CCCc3ccccc32)cc(-c2cn[nH]c2)n1. The number of hydrogen-bond donors (Lipinski definition) is 2. The van der Waals surface area contributed by atoms with Gasteiger partial charge >= 0.3 is 0 Å². The molecule has 3 aromatic rings. The van der Waals surface area contributed by atoms with Gasteiger partial charge in [0.25, 0.3) is 0 Å². The molecular formula is C18H19N5. The topological polar surface area (TPSA) is 66.5 Å². The Hall–Kier alpha value is -2.69. The van der Waals surface area contributed by atoms with E-state index < -0.39 is 0 Å². The van der Waals surface area contributed by atoms with E-state index >= 15 is 0 Å². The van der Waals surface area contributed by atoms with Gasteiger partial charge in [0, 0.05) is 17.8 Å². The minimum Gasteiger partial charge on any atom is -0.363 e. The standard InChI is InChI=1S/C18H19N5/c1-12-21-17(14-10-19-20-11-14)9-18(22-12)23-16-8-4-6-13-5-2-3-7-15(13)16/h2-3,5,7,9-11,16H,4,6,8H2,1H3,(H,19,20)(H,21,22,23). The molecule has 0 aliphatic heterocycles. The van der Waals surface area contributed by atoms with Crippen LogP contribution in [-0.4, -0.2) is 20.2 Å². The quantitative estimate of drug-likeness (QED) is 0.775. The molecule has 5 heteroatoms. The number of H-pyrrole nitrogens is 1. The van der Waals surface area contributed by atoms with Gasteiger partial charge in [0.05, 0.1) is 17.9 Å². The molecule has 5 nitrogen and oxygen atoms in total. The Balaban J connectivity index is 1.65. The number of benzene rings is 1. The molecule has 2 N–H and O–H groups in total. The number of hydrogen-bond acceptors (Lipinski definition) is 4. The summed E-state index contributed by atoms with van der Waals surface area (Å²) < 4.78 is 0. The summed E-state index contributed by atoms with van der Waals surface area (Å²) in [6.07, 6.45) is 7.12. The number of fused-ring (bicyclic) bond motifs is 1. The highest BCUT2D eigenvalue weighted by Crippen LogP contribution is 2.32. The fourth-order valence-corrected chi connectivity index (χ4v) is 3.26. The molecule has 1 unspecified atom stereocenters. The van der Waals surface area contributed by atoms with E-state index in [4.69, 9.17) is 0 Å². The van der Waals surface area contributed by atoms with E-state index in [1.54, 1.807) is 6.20 Å². The molecule has 1 aromatic carbocycles. The molecule has 1 aliphatic rings.